The van der Waals surface area contributed by atoms with E-state index in [9.17, 15) is 4.79 Å². The normalized spacial score (nSPS) is 12.3. The summed E-state index contributed by atoms with van der Waals surface area (Å²) in [5, 5.41) is 9.52. The number of carbonyl (C=O) groups excluding carboxylic acids is 1. The number of aromatic amines is 1. The van der Waals surface area contributed by atoms with Crippen LogP contribution in [0.2, 0.25) is 0 Å². The van der Waals surface area contributed by atoms with Gasteiger partial charge < -0.3 is 0 Å². The summed E-state index contributed by atoms with van der Waals surface area (Å²) in [6.45, 7) is 7.99. The van der Waals surface area contributed by atoms with Crippen molar-refractivity contribution in [2.45, 2.75) is 38.1 Å². The van der Waals surface area contributed by atoms with Crippen LogP contribution in [-0.2, 0) is 0 Å². The number of nitrogens with zero attached hydrogens (tertiary/aromatic N) is 2. The largest absolute Gasteiger partial charge is 0.293 e. The summed E-state index contributed by atoms with van der Waals surface area (Å²) in [7, 11) is 0. The van der Waals surface area contributed by atoms with Crippen LogP contribution in [0.25, 0.3) is 10.7 Å². The van der Waals surface area contributed by atoms with Gasteiger partial charge in [0, 0.05) is 5.56 Å². The van der Waals surface area contributed by atoms with E-state index in [1.807, 2.05) is 44.4 Å². The fourth-order valence-electron chi connectivity index (χ4n) is 2.48. The van der Waals surface area contributed by atoms with Crippen LogP contribution < -0.4 is 0 Å². The smallest absolute Gasteiger partial charge is 0.209 e. The van der Waals surface area contributed by atoms with Gasteiger partial charge in [-0.15, -0.1) is 16.4 Å². The number of ketones is 1. The number of H-pyrrole nitrogens is 1. The molecule has 2 aromatic heterocycles. The first-order valence-corrected chi connectivity index (χ1v) is 9.46. The van der Waals surface area contributed by atoms with Crippen LogP contribution in [0.3, 0.4) is 0 Å². The van der Waals surface area contributed by atoms with Crippen molar-refractivity contribution < 1.29 is 4.79 Å². The Morgan fingerprint density at radius 3 is 2.67 bits per heavy atom. The number of aromatic nitrogens is 3. The predicted octanol–water partition coefficient (Wildman–Crippen LogP) is 4.82. The van der Waals surface area contributed by atoms with E-state index < -0.39 is 0 Å². The second-order valence-electron chi connectivity index (χ2n) is 5.82. The summed E-state index contributed by atoms with van der Waals surface area (Å²) < 4.78 is 0. The number of hydrogen-bond acceptors (Lipinski definition) is 5. The van der Waals surface area contributed by atoms with E-state index in [0.717, 1.165) is 27.4 Å². The van der Waals surface area contributed by atoms with Gasteiger partial charge >= 0.3 is 0 Å². The average molecular weight is 358 g/mol. The van der Waals surface area contributed by atoms with Crippen LogP contribution in [-0.4, -0.2) is 26.2 Å². The highest BCUT2D eigenvalue weighted by molar-refractivity contribution is 8.00. The third-order valence-corrected chi connectivity index (χ3v) is 5.81. The van der Waals surface area contributed by atoms with E-state index in [0.29, 0.717) is 5.16 Å². The summed E-state index contributed by atoms with van der Waals surface area (Å²) in [5.74, 6) is 0.859. The number of hydrogen-bond donors (Lipinski definition) is 1. The van der Waals surface area contributed by atoms with Crippen molar-refractivity contribution in [2.75, 3.05) is 0 Å². The zero-order valence-electron chi connectivity index (χ0n) is 14.1. The predicted molar refractivity (Wildman–Crippen MR) is 100.0 cm³/mol. The Morgan fingerprint density at radius 2 is 1.96 bits per heavy atom. The fraction of sp³-hybridized carbons (Fsp3) is 0.278. The molecule has 1 N–H and O–H groups in total. The summed E-state index contributed by atoms with van der Waals surface area (Å²) >= 11 is 2.99. The van der Waals surface area contributed by atoms with Crippen LogP contribution >= 0.6 is 23.1 Å². The van der Waals surface area contributed by atoms with Crippen molar-refractivity contribution >= 4 is 28.9 Å². The molecule has 24 heavy (non-hydrogen) atoms. The summed E-state index contributed by atoms with van der Waals surface area (Å²) in [4.78, 5) is 18.3. The van der Waals surface area contributed by atoms with Gasteiger partial charge in [-0.05, 0) is 61.9 Å². The molecule has 0 saturated heterocycles. The number of nitrogens with one attached hydrogen (secondary N) is 1. The summed E-state index contributed by atoms with van der Waals surface area (Å²) in [5.41, 5.74) is 4.15. The van der Waals surface area contributed by atoms with Crippen molar-refractivity contribution in [3.8, 4) is 10.7 Å². The molecule has 0 aliphatic carbocycles. The number of benzene rings is 1. The minimum Gasteiger partial charge on any atom is -0.293 e. The second kappa shape index (κ2) is 6.91. The lowest BCUT2D eigenvalue weighted by atomic mass is 9.97. The quantitative estimate of drug-likeness (QED) is 0.525. The average Bonchev–Trinajstić information content (AvgIpc) is 3.21. The van der Waals surface area contributed by atoms with Gasteiger partial charge in [-0.3, -0.25) is 9.89 Å². The Morgan fingerprint density at radius 1 is 1.21 bits per heavy atom. The van der Waals surface area contributed by atoms with E-state index in [2.05, 4.69) is 28.2 Å². The van der Waals surface area contributed by atoms with Crippen LogP contribution in [0, 0.1) is 20.8 Å². The van der Waals surface area contributed by atoms with E-state index in [1.54, 1.807) is 11.3 Å². The van der Waals surface area contributed by atoms with Crippen LogP contribution in [0.4, 0.5) is 0 Å². The molecule has 1 aromatic carbocycles. The summed E-state index contributed by atoms with van der Waals surface area (Å²) in [6, 6.07) is 8.03. The molecule has 0 spiro atoms. The number of Topliss-reactive ketones (excluding diaryl/α,β-unsaturated/α-hetero) is 1. The molecule has 0 amide bonds. The minimum atomic E-state index is -0.238. The van der Waals surface area contributed by atoms with Gasteiger partial charge in [0.05, 0.1) is 10.1 Å². The standard InChI is InChI=1S/C18H19N3OS2/c1-10-8-12(3)14(9-11(10)2)16(22)13(4)24-18-19-17(20-21-18)15-6-5-7-23-15/h5-9,13H,1-4H3,(H,19,20,21)/t13-/m1/s1. The lowest BCUT2D eigenvalue weighted by molar-refractivity contribution is 0.0993. The van der Waals surface area contributed by atoms with Crippen LogP contribution in [0.1, 0.15) is 34.0 Å². The van der Waals surface area contributed by atoms with E-state index in [-0.39, 0.29) is 11.0 Å². The molecule has 6 heteroatoms. The highest BCUT2D eigenvalue weighted by Crippen LogP contribution is 2.27. The molecule has 0 bridgehead atoms. The highest BCUT2D eigenvalue weighted by atomic mass is 32.2. The Balaban J connectivity index is 1.76. The monoisotopic (exact) mass is 357 g/mol. The molecular formula is C18H19N3OS2. The van der Waals surface area contributed by atoms with E-state index in [1.165, 1.54) is 17.3 Å². The van der Waals surface area contributed by atoms with Crippen molar-refractivity contribution in [1.82, 2.24) is 15.2 Å². The zero-order valence-corrected chi connectivity index (χ0v) is 15.7. The molecule has 0 aliphatic heterocycles. The van der Waals surface area contributed by atoms with Gasteiger partial charge in [-0.25, -0.2) is 4.98 Å². The number of aryl methyl sites for hydroxylation is 3. The Bertz CT molecular complexity index is 869. The Kier molecular flexibility index (Phi) is 4.87. The lowest BCUT2D eigenvalue weighted by Gasteiger charge is -2.12. The van der Waals surface area contributed by atoms with Crippen molar-refractivity contribution in [2.24, 2.45) is 0 Å². The molecule has 2 heterocycles. The third-order valence-electron chi connectivity index (χ3n) is 3.98. The topological polar surface area (TPSA) is 58.6 Å². The van der Waals surface area contributed by atoms with Gasteiger partial charge in [-0.1, -0.05) is 23.9 Å². The molecule has 1 atom stereocenters. The molecule has 3 aromatic rings. The molecule has 0 saturated carbocycles. The lowest BCUT2D eigenvalue weighted by Crippen LogP contribution is -2.15. The third kappa shape index (κ3) is 3.44. The molecule has 0 fully saturated rings. The molecule has 4 nitrogen and oxygen atoms in total. The maximum atomic E-state index is 12.8. The Hall–Kier alpha value is -1.92. The first-order chi connectivity index (χ1) is 11.5. The maximum Gasteiger partial charge on any atom is 0.209 e. The zero-order chi connectivity index (χ0) is 17.3. The first-order valence-electron chi connectivity index (χ1n) is 7.70. The Labute approximate surface area is 149 Å². The van der Waals surface area contributed by atoms with Gasteiger partial charge in [-0.2, -0.15) is 0 Å². The number of carbonyl (C=O) groups is 1. The molecule has 0 aliphatic rings. The first kappa shape index (κ1) is 16.9. The van der Waals surface area contributed by atoms with Gasteiger partial charge in [0.1, 0.15) is 0 Å². The van der Waals surface area contributed by atoms with Crippen molar-refractivity contribution in [1.29, 1.82) is 0 Å². The number of thioether (sulfide) groups is 1. The van der Waals surface area contributed by atoms with Crippen LogP contribution in [0.5, 0.6) is 0 Å². The van der Waals surface area contributed by atoms with Gasteiger partial charge in [0.15, 0.2) is 11.6 Å². The van der Waals surface area contributed by atoms with E-state index in [4.69, 9.17) is 0 Å². The molecule has 0 unspecified atom stereocenters. The minimum absolute atomic E-state index is 0.114. The van der Waals surface area contributed by atoms with Gasteiger partial charge in [0.2, 0.25) is 5.16 Å². The van der Waals surface area contributed by atoms with Gasteiger partial charge in [0.25, 0.3) is 0 Å². The molecular weight excluding hydrogens is 338 g/mol. The fourth-order valence-corrected chi connectivity index (χ4v) is 3.94. The molecule has 124 valence electrons. The number of rotatable bonds is 5. The highest BCUT2D eigenvalue weighted by Gasteiger charge is 2.21. The van der Waals surface area contributed by atoms with Crippen molar-refractivity contribution in [3.63, 3.8) is 0 Å². The molecule has 0 radical (unpaired) electrons. The van der Waals surface area contributed by atoms with Crippen LogP contribution in [0.15, 0.2) is 34.8 Å². The van der Waals surface area contributed by atoms with Crippen molar-refractivity contribution in [3.05, 3.63) is 51.9 Å². The maximum absolute atomic E-state index is 12.8. The summed E-state index contributed by atoms with van der Waals surface area (Å²) in [6.07, 6.45) is 0. The molecule has 3 rings (SSSR count). The SMILES string of the molecule is Cc1cc(C)c(C(=O)[C@@H](C)Sc2n[nH]c(-c3cccs3)n2)cc1C. The van der Waals surface area contributed by atoms with E-state index >= 15 is 0 Å². The number of thiophene rings is 1. The second-order valence-corrected chi connectivity index (χ2v) is 8.08.